The zero-order valence-corrected chi connectivity index (χ0v) is 12.3. The van der Waals surface area contributed by atoms with Gasteiger partial charge in [-0.3, -0.25) is 4.79 Å². The molecule has 1 aliphatic rings. The highest BCUT2D eigenvalue weighted by Gasteiger charge is 2.27. The van der Waals surface area contributed by atoms with E-state index in [1.165, 1.54) is 0 Å². The van der Waals surface area contributed by atoms with E-state index in [2.05, 4.69) is 10.2 Å². The first-order chi connectivity index (χ1) is 9.02. The first-order valence-electron chi connectivity index (χ1n) is 6.24. The molecule has 1 atom stereocenters. The summed E-state index contributed by atoms with van der Waals surface area (Å²) in [7, 11) is 1.66. The van der Waals surface area contributed by atoms with E-state index in [0.717, 1.165) is 25.1 Å². The molecule has 0 radical (unpaired) electrons. The van der Waals surface area contributed by atoms with Gasteiger partial charge in [-0.1, -0.05) is 23.2 Å². The molecule has 3 N–H and O–H groups in total. The van der Waals surface area contributed by atoms with Crippen LogP contribution in [0, 0.1) is 5.92 Å². The highest BCUT2D eigenvalue weighted by atomic mass is 35.5. The maximum atomic E-state index is 11.7. The largest absolute Gasteiger partial charge is 0.399 e. The molecule has 6 heteroatoms. The number of halogens is 2. The molecule has 1 aromatic carbocycles. The Morgan fingerprint density at radius 3 is 2.63 bits per heavy atom. The maximum absolute atomic E-state index is 11.7. The molecule has 2 rings (SSSR count). The van der Waals surface area contributed by atoms with Crippen LogP contribution in [-0.4, -0.2) is 26.0 Å². The van der Waals surface area contributed by atoms with Crippen LogP contribution in [0.4, 0.5) is 11.4 Å². The lowest BCUT2D eigenvalue weighted by Gasteiger charge is -2.34. The molecule has 1 aromatic rings. The molecule has 104 valence electrons. The van der Waals surface area contributed by atoms with Crippen molar-refractivity contribution in [2.75, 3.05) is 30.8 Å². The van der Waals surface area contributed by atoms with E-state index >= 15 is 0 Å². The molecule has 1 fully saturated rings. The second-order valence-electron chi connectivity index (χ2n) is 4.73. The SMILES string of the molecule is CNC(=O)C1CCCN(c2c(Cl)cc(N)cc2Cl)C1. The summed E-state index contributed by atoms with van der Waals surface area (Å²) in [5.41, 5.74) is 7.01. The predicted octanol–water partition coefficient (Wildman–Crippen LogP) is 2.54. The lowest BCUT2D eigenvalue weighted by molar-refractivity contribution is -0.124. The minimum atomic E-state index is -0.0246. The van der Waals surface area contributed by atoms with E-state index in [4.69, 9.17) is 28.9 Å². The number of benzene rings is 1. The Bertz CT molecular complexity index is 470. The zero-order chi connectivity index (χ0) is 14.0. The standard InChI is InChI=1S/C13H17Cl2N3O/c1-17-13(19)8-3-2-4-18(7-8)12-10(14)5-9(16)6-11(12)15/h5-6,8H,2-4,7,16H2,1H3,(H,17,19). The lowest BCUT2D eigenvalue weighted by Crippen LogP contribution is -2.42. The van der Waals surface area contributed by atoms with Crippen molar-refractivity contribution in [3.05, 3.63) is 22.2 Å². The van der Waals surface area contributed by atoms with Crippen molar-refractivity contribution in [2.45, 2.75) is 12.8 Å². The molecule has 19 heavy (non-hydrogen) atoms. The van der Waals surface area contributed by atoms with Gasteiger partial charge in [0.25, 0.3) is 0 Å². The molecule has 0 saturated carbocycles. The maximum Gasteiger partial charge on any atom is 0.224 e. The van der Waals surface area contributed by atoms with Gasteiger partial charge < -0.3 is 16.0 Å². The molecule has 0 bridgehead atoms. The number of nitrogens with two attached hydrogens (primary N) is 1. The number of carbonyl (C=O) groups excluding carboxylic acids is 1. The first kappa shape index (κ1) is 14.3. The molecule has 0 aliphatic carbocycles. The summed E-state index contributed by atoms with van der Waals surface area (Å²) in [6.07, 6.45) is 1.83. The van der Waals surface area contributed by atoms with Crippen LogP contribution < -0.4 is 16.0 Å². The fourth-order valence-corrected chi connectivity index (χ4v) is 3.23. The molecular weight excluding hydrogens is 285 g/mol. The van der Waals surface area contributed by atoms with Crippen molar-refractivity contribution in [1.82, 2.24) is 5.32 Å². The Labute approximate surface area is 122 Å². The van der Waals surface area contributed by atoms with Gasteiger partial charge in [0.1, 0.15) is 0 Å². The molecule has 1 heterocycles. The minimum absolute atomic E-state index is 0.0246. The second kappa shape index (κ2) is 5.88. The van der Waals surface area contributed by atoms with Crippen LogP contribution in [0.2, 0.25) is 10.0 Å². The zero-order valence-electron chi connectivity index (χ0n) is 10.7. The number of nitrogens with one attached hydrogen (secondary N) is 1. The number of carbonyl (C=O) groups is 1. The number of piperidine rings is 1. The predicted molar refractivity (Wildman–Crippen MR) is 79.9 cm³/mol. The molecule has 1 unspecified atom stereocenters. The lowest BCUT2D eigenvalue weighted by atomic mass is 9.96. The second-order valence-corrected chi connectivity index (χ2v) is 5.55. The Kier molecular flexibility index (Phi) is 4.42. The van der Waals surface area contributed by atoms with Gasteiger partial charge in [-0.05, 0) is 25.0 Å². The summed E-state index contributed by atoms with van der Waals surface area (Å²) in [6.45, 7) is 1.47. The molecule has 0 aromatic heterocycles. The van der Waals surface area contributed by atoms with Gasteiger partial charge in [0.05, 0.1) is 21.7 Å². The summed E-state index contributed by atoms with van der Waals surface area (Å²) >= 11 is 12.4. The quantitative estimate of drug-likeness (QED) is 0.825. The summed E-state index contributed by atoms with van der Waals surface area (Å²) in [6, 6.07) is 3.37. The molecule has 4 nitrogen and oxygen atoms in total. The molecule has 1 aliphatic heterocycles. The van der Waals surface area contributed by atoms with Crippen LogP contribution in [0.15, 0.2) is 12.1 Å². The molecule has 1 amide bonds. The van der Waals surface area contributed by atoms with Gasteiger partial charge in [-0.25, -0.2) is 0 Å². The summed E-state index contributed by atoms with van der Waals surface area (Å²) in [4.78, 5) is 13.8. The van der Waals surface area contributed by atoms with Gasteiger partial charge in [0.2, 0.25) is 5.91 Å². The van der Waals surface area contributed by atoms with E-state index in [9.17, 15) is 4.79 Å². The normalized spacial score (nSPS) is 19.3. The van der Waals surface area contributed by atoms with Gasteiger partial charge >= 0.3 is 0 Å². The van der Waals surface area contributed by atoms with Crippen LogP contribution in [0.3, 0.4) is 0 Å². The number of anilines is 2. The number of nitrogens with zero attached hydrogens (tertiary/aromatic N) is 1. The third kappa shape index (κ3) is 3.07. The van der Waals surface area contributed by atoms with E-state index < -0.39 is 0 Å². The number of rotatable bonds is 2. The Hall–Kier alpha value is -1.13. The van der Waals surface area contributed by atoms with Gasteiger partial charge in [0, 0.05) is 25.8 Å². The van der Waals surface area contributed by atoms with Crippen molar-refractivity contribution < 1.29 is 4.79 Å². The van der Waals surface area contributed by atoms with Gasteiger partial charge in [-0.15, -0.1) is 0 Å². The smallest absolute Gasteiger partial charge is 0.224 e. The van der Waals surface area contributed by atoms with E-state index in [1.807, 2.05) is 0 Å². The number of hydrogen-bond donors (Lipinski definition) is 2. The fraction of sp³-hybridized carbons (Fsp3) is 0.462. The van der Waals surface area contributed by atoms with Crippen molar-refractivity contribution >= 4 is 40.5 Å². The first-order valence-corrected chi connectivity index (χ1v) is 6.99. The van der Waals surface area contributed by atoms with Crippen LogP contribution in [0.25, 0.3) is 0 Å². The third-order valence-corrected chi connectivity index (χ3v) is 3.97. The monoisotopic (exact) mass is 301 g/mol. The van der Waals surface area contributed by atoms with Crippen LogP contribution in [0.5, 0.6) is 0 Å². The highest BCUT2D eigenvalue weighted by Crippen LogP contribution is 2.37. The van der Waals surface area contributed by atoms with Gasteiger partial charge in [0.15, 0.2) is 0 Å². The number of hydrogen-bond acceptors (Lipinski definition) is 3. The summed E-state index contributed by atoms with van der Waals surface area (Å²) in [5, 5.41) is 3.75. The fourth-order valence-electron chi connectivity index (χ4n) is 2.49. The van der Waals surface area contributed by atoms with E-state index in [0.29, 0.717) is 22.3 Å². The molecule has 1 saturated heterocycles. The van der Waals surface area contributed by atoms with Crippen molar-refractivity contribution in [3.8, 4) is 0 Å². The van der Waals surface area contributed by atoms with Crippen molar-refractivity contribution in [1.29, 1.82) is 0 Å². The minimum Gasteiger partial charge on any atom is -0.399 e. The average Bonchev–Trinajstić information content (AvgIpc) is 2.37. The summed E-state index contributed by atoms with van der Waals surface area (Å²) in [5.74, 6) is 0.0378. The van der Waals surface area contributed by atoms with Crippen molar-refractivity contribution in [3.63, 3.8) is 0 Å². The third-order valence-electron chi connectivity index (χ3n) is 3.39. The van der Waals surface area contributed by atoms with Crippen LogP contribution in [0.1, 0.15) is 12.8 Å². The number of nitrogen functional groups attached to an aromatic ring is 1. The Balaban J connectivity index is 2.25. The Morgan fingerprint density at radius 1 is 1.42 bits per heavy atom. The molecule has 0 spiro atoms. The van der Waals surface area contributed by atoms with E-state index in [1.54, 1.807) is 19.2 Å². The number of amides is 1. The van der Waals surface area contributed by atoms with Gasteiger partial charge in [-0.2, -0.15) is 0 Å². The van der Waals surface area contributed by atoms with Crippen LogP contribution >= 0.6 is 23.2 Å². The average molecular weight is 302 g/mol. The topological polar surface area (TPSA) is 58.4 Å². The highest BCUT2D eigenvalue weighted by molar-refractivity contribution is 6.39. The van der Waals surface area contributed by atoms with E-state index in [-0.39, 0.29) is 11.8 Å². The summed E-state index contributed by atoms with van der Waals surface area (Å²) < 4.78 is 0. The van der Waals surface area contributed by atoms with Crippen LogP contribution in [-0.2, 0) is 4.79 Å². The Morgan fingerprint density at radius 2 is 2.05 bits per heavy atom. The molecular formula is C13H17Cl2N3O. The van der Waals surface area contributed by atoms with Crippen molar-refractivity contribution in [2.24, 2.45) is 5.92 Å².